The van der Waals surface area contributed by atoms with E-state index >= 15 is 0 Å². The molecule has 1 fully saturated rings. The van der Waals surface area contributed by atoms with Gasteiger partial charge in [0.25, 0.3) is 0 Å². The molecule has 2 amide bonds. The van der Waals surface area contributed by atoms with Crippen LogP contribution in [0, 0.1) is 0 Å². The first-order valence-corrected chi connectivity index (χ1v) is 9.55. The van der Waals surface area contributed by atoms with Gasteiger partial charge >= 0.3 is 6.03 Å². The van der Waals surface area contributed by atoms with Gasteiger partial charge in [0.15, 0.2) is 0 Å². The van der Waals surface area contributed by atoms with Crippen LogP contribution in [0.1, 0.15) is 38.2 Å². The predicted molar refractivity (Wildman–Crippen MR) is 91.4 cm³/mol. The van der Waals surface area contributed by atoms with Crippen LogP contribution in [0.15, 0.2) is 30.3 Å². The molecule has 2 rings (SSSR count). The van der Waals surface area contributed by atoms with Crippen molar-refractivity contribution < 1.29 is 9.00 Å². The zero-order chi connectivity index (χ0) is 16.0. The second-order valence-corrected chi connectivity index (χ2v) is 8.10. The maximum Gasteiger partial charge on any atom is 0.315 e. The number of carbonyl (C=O) groups excluding carboxylic acids is 1. The number of urea groups is 1. The quantitative estimate of drug-likeness (QED) is 0.846. The number of rotatable bonds is 6. The van der Waals surface area contributed by atoms with Gasteiger partial charge in [0.05, 0.1) is 0 Å². The minimum absolute atomic E-state index is 0.0283. The number of carbonyl (C=O) groups is 1. The van der Waals surface area contributed by atoms with Gasteiger partial charge in [-0.25, -0.2) is 4.79 Å². The molecule has 2 atom stereocenters. The van der Waals surface area contributed by atoms with Crippen molar-refractivity contribution in [2.75, 3.05) is 12.8 Å². The van der Waals surface area contributed by atoms with E-state index in [1.54, 1.807) is 6.26 Å². The lowest BCUT2D eigenvalue weighted by atomic mass is 9.89. The molecule has 0 aromatic heterocycles. The van der Waals surface area contributed by atoms with Gasteiger partial charge in [-0.1, -0.05) is 43.2 Å². The van der Waals surface area contributed by atoms with E-state index in [-0.39, 0.29) is 16.8 Å². The topological polar surface area (TPSA) is 58.2 Å². The Labute approximate surface area is 135 Å². The van der Waals surface area contributed by atoms with E-state index in [1.807, 2.05) is 25.1 Å². The molecular weight excluding hydrogens is 296 g/mol. The SMILES string of the molecule is C[C@@H](CNC(=O)NC1(Cc2ccccc2)CCCC1)[S@](C)=O. The van der Waals surface area contributed by atoms with Crippen LogP contribution in [0.3, 0.4) is 0 Å². The smallest absolute Gasteiger partial charge is 0.315 e. The van der Waals surface area contributed by atoms with Crippen LogP contribution in [0.5, 0.6) is 0 Å². The average Bonchev–Trinajstić information content (AvgIpc) is 2.93. The van der Waals surface area contributed by atoms with Crippen LogP contribution in [-0.2, 0) is 17.2 Å². The summed E-state index contributed by atoms with van der Waals surface area (Å²) in [6.45, 7) is 2.32. The molecule has 1 aliphatic carbocycles. The van der Waals surface area contributed by atoms with Crippen LogP contribution in [-0.4, -0.2) is 33.8 Å². The Morgan fingerprint density at radius 3 is 2.50 bits per heavy atom. The van der Waals surface area contributed by atoms with Gasteiger partial charge in [-0.05, 0) is 31.7 Å². The zero-order valence-electron chi connectivity index (χ0n) is 13.4. The van der Waals surface area contributed by atoms with E-state index in [0.29, 0.717) is 6.54 Å². The third-order valence-corrected chi connectivity index (χ3v) is 5.74. The van der Waals surface area contributed by atoms with E-state index in [4.69, 9.17) is 0 Å². The first-order valence-electron chi connectivity index (χ1n) is 7.93. The Morgan fingerprint density at radius 2 is 1.91 bits per heavy atom. The molecular formula is C17H26N2O2S. The zero-order valence-corrected chi connectivity index (χ0v) is 14.2. The van der Waals surface area contributed by atoms with Crippen molar-refractivity contribution in [1.82, 2.24) is 10.6 Å². The van der Waals surface area contributed by atoms with Gasteiger partial charge in [0.2, 0.25) is 0 Å². The highest BCUT2D eigenvalue weighted by molar-refractivity contribution is 7.84. The van der Waals surface area contributed by atoms with Gasteiger partial charge in [-0.3, -0.25) is 4.21 Å². The number of amides is 2. The van der Waals surface area contributed by atoms with Gasteiger partial charge in [0.1, 0.15) is 0 Å². The van der Waals surface area contributed by atoms with Crippen molar-refractivity contribution in [2.24, 2.45) is 0 Å². The van der Waals surface area contributed by atoms with Crippen molar-refractivity contribution >= 4 is 16.8 Å². The predicted octanol–water partition coefficient (Wildman–Crippen LogP) is 2.61. The van der Waals surface area contributed by atoms with Crippen LogP contribution in [0.2, 0.25) is 0 Å². The van der Waals surface area contributed by atoms with Crippen molar-refractivity contribution in [3.8, 4) is 0 Å². The maximum absolute atomic E-state index is 12.2. The molecule has 0 spiro atoms. The molecule has 0 aliphatic heterocycles. The van der Waals surface area contributed by atoms with Crippen molar-refractivity contribution in [2.45, 2.75) is 49.8 Å². The number of benzene rings is 1. The van der Waals surface area contributed by atoms with Gasteiger partial charge < -0.3 is 10.6 Å². The van der Waals surface area contributed by atoms with Crippen LogP contribution < -0.4 is 10.6 Å². The second kappa shape index (κ2) is 7.77. The van der Waals surface area contributed by atoms with E-state index in [2.05, 4.69) is 22.8 Å². The highest BCUT2D eigenvalue weighted by atomic mass is 32.2. The first-order chi connectivity index (χ1) is 10.5. The normalized spacial score (nSPS) is 19.4. The highest BCUT2D eigenvalue weighted by Gasteiger charge is 2.35. The molecule has 22 heavy (non-hydrogen) atoms. The molecule has 0 saturated heterocycles. The van der Waals surface area contributed by atoms with Crippen molar-refractivity contribution in [1.29, 1.82) is 0 Å². The molecule has 4 nitrogen and oxygen atoms in total. The maximum atomic E-state index is 12.2. The van der Waals surface area contributed by atoms with E-state index in [9.17, 15) is 9.00 Å². The third kappa shape index (κ3) is 4.83. The second-order valence-electron chi connectivity index (χ2n) is 6.29. The molecule has 122 valence electrons. The molecule has 1 aromatic carbocycles. The van der Waals surface area contributed by atoms with Gasteiger partial charge in [-0.15, -0.1) is 0 Å². The summed E-state index contributed by atoms with van der Waals surface area (Å²) in [6, 6.07) is 10.2. The minimum atomic E-state index is -0.915. The fraction of sp³-hybridized carbons (Fsp3) is 0.588. The van der Waals surface area contributed by atoms with E-state index < -0.39 is 10.8 Å². The fourth-order valence-electron chi connectivity index (χ4n) is 3.02. The standard InChI is InChI=1S/C17H26N2O2S/c1-14(22(2)21)13-18-16(20)19-17(10-6-7-11-17)12-15-8-4-3-5-9-15/h3-5,8-9,14H,6-7,10-13H2,1-2H3,(H2,18,19,20)/t14-,22-/m0/s1. The lowest BCUT2D eigenvalue weighted by Gasteiger charge is -2.31. The van der Waals surface area contributed by atoms with Crippen molar-refractivity contribution in [3.05, 3.63) is 35.9 Å². The Hall–Kier alpha value is -1.36. The lowest BCUT2D eigenvalue weighted by Crippen LogP contribution is -2.52. The van der Waals surface area contributed by atoms with Crippen LogP contribution in [0.4, 0.5) is 4.79 Å². The van der Waals surface area contributed by atoms with Crippen molar-refractivity contribution in [3.63, 3.8) is 0 Å². The first kappa shape index (κ1) is 17.0. The Morgan fingerprint density at radius 1 is 1.27 bits per heavy atom. The number of hydrogen-bond acceptors (Lipinski definition) is 2. The summed E-state index contributed by atoms with van der Waals surface area (Å²) in [5.74, 6) is 0. The van der Waals surface area contributed by atoms with Gasteiger partial charge in [-0.2, -0.15) is 0 Å². The minimum Gasteiger partial charge on any atom is -0.337 e. The highest BCUT2D eigenvalue weighted by Crippen LogP contribution is 2.32. The number of nitrogens with one attached hydrogen (secondary N) is 2. The molecule has 1 aliphatic rings. The summed E-state index contributed by atoms with van der Waals surface area (Å²) >= 11 is 0. The van der Waals surface area contributed by atoms with Crippen LogP contribution >= 0.6 is 0 Å². The van der Waals surface area contributed by atoms with Crippen LogP contribution in [0.25, 0.3) is 0 Å². The molecule has 5 heteroatoms. The Balaban J connectivity index is 1.93. The molecule has 1 saturated carbocycles. The number of hydrogen-bond donors (Lipinski definition) is 2. The largest absolute Gasteiger partial charge is 0.337 e. The third-order valence-electron chi connectivity index (χ3n) is 4.44. The lowest BCUT2D eigenvalue weighted by molar-refractivity contribution is 0.224. The molecule has 1 aromatic rings. The summed E-state index contributed by atoms with van der Waals surface area (Å²) in [4.78, 5) is 12.2. The summed E-state index contributed by atoms with van der Waals surface area (Å²) in [6.07, 6.45) is 6.88. The fourth-order valence-corrected chi connectivity index (χ4v) is 3.34. The summed E-state index contributed by atoms with van der Waals surface area (Å²) in [5.41, 5.74) is 1.12. The molecule has 0 unspecified atom stereocenters. The Kier molecular flexibility index (Phi) is 6.00. The van der Waals surface area contributed by atoms with Gasteiger partial charge in [0, 0.05) is 34.4 Å². The average molecular weight is 322 g/mol. The summed E-state index contributed by atoms with van der Waals surface area (Å²) < 4.78 is 11.3. The molecule has 2 N–H and O–H groups in total. The monoisotopic (exact) mass is 322 g/mol. The molecule has 0 bridgehead atoms. The van der Waals surface area contributed by atoms with E-state index in [1.165, 1.54) is 5.56 Å². The summed E-state index contributed by atoms with van der Waals surface area (Å²) in [7, 11) is -0.915. The molecule has 0 radical (unpaired) electrons. The Bertz CT molecular complexity index is 513. The van der Waals surface area contributed by atoms with E-state index in [0.717, 1.165) is 32.1 Å². The summed E-state index contributed by atoms with van der Waals surface area (Å²) in [5, 5.41) is 6.02. The molecule has 0 heterocycles.